The number of halogens is 2. The average molecular weight is 499 g/mol. The van der Waals surface area contributed by atoms with Gasteiger partial charge in [-0.25, -0.2) is 23.4 Å². The second-order valence-electron chi connectivity index (χ2n) is 9.79. The Labute approximate surface area is 207 Å². The molecule has 8 nitrogen and oxygen atoms in total. The minimum Gasteiger partial charge on any atom is -0.465 e. The first-order valence-electron chi connectivity index (χ1n) is 11.5. The third-order valence-electron chi connectivity index (χ3n) is 5.81. The van der Waals surface area contributed by atoms with Crippen molar-refractivity contribution in [3.8, 4) is 11.3 Å². The van der Waals surface area contributed by atoms with Crippen LogP contribution in [0.4, 0.5) is 18.4 Å². The third kappa shape index (κ3) is 5.81. The maximum absolute atomic E-state index is 14.6. The summed E-state index contributed by atoms with van der Waals surface area (Å²) in [5.74, 6) is -1.15. The van der Waals surface area contributed by atoms with Gasteiger partial charge >= 0.3 is 12.2 Å². The number of likely N-dealkylation sites (tertiary alicyclic amines) is 1. The maximum atomic E-state index is 14.6. The van der Waals surface area contributed by atoms with E-state index in [0.717, 1.165) is 23.8 Å². The zero-order chi connectivity index (χ0) is 26.0. The number of aromatic nitrogens is 2. The van der Waals surface area contributed by atoms with Crippen LogP contribution in [0.5, 0.6) is 0 Å². The third-order valence-corrected chi connectivity index (χ3v) is 5.81. The van der Waals surface area contributed by atoms with Crippen LogP contribution >= 0.6 is 0 Å². The Morgan fingerprint density at radius 2 is 1.86 bits per heavy atom. The highest BCUT2D eigenvalue weighted by molar-refractivity contribution is 5.69. The van der Waals surface area contributed by atoms with Crippen molar-refractivity contribution in [3.05, 3.63) is 77.8 Å². The summed E-state index contributed by atoms with van der Waals surface area (Å²) in [6.07, 6.45) is -0.135. The summed E-state index contributed by atoms with van der Waals surface area (Å²) in [5.41, 5.74) is 0.360. The Morgan fingerprint density at radius 1 is 1.17 bits per heavy atom. The lowest BCUT2D eigenvalue weighted by Crippen LogP contribution is -2.55. The van der Waals surface area contributed by atoms with E-state index in [4.69, 9.17) is 4.74 Å². The van der Waals surface area contributed by atoms with Gasteiger partial charge in [0, 0.05) is 37.3 Å². The zero-order valence-electron chi connectivity index (χ0n) is 20.2. The number of carbonyl (C=O) groups is 2. The molecule has 1 atom stereocenters. The molecule has 1 unspecified atom stereocenters. The molecule has 0 bridgehead atoms. The minimum absolute atomic E-state index is 0.0140. The summed E-state index contributed by atoms with van der Waals surface area (Å²) in [6, 6.07) is 11.9. The van der Waals surface area contributed by atoms with Gasteiger partial charge in [-0.05, 0) is 44.5 Å². The van der Waals surface area contributed by atoms with Crippen LogP contribution in [0, 0.1) is 17.6 Å². The molecule has 1 aromatic heterocycles. The number of carboxylic acid groups (broad SMARTS) is 1. The monoisotopic (exact) mass is 498 g/mol. The Kier molecular flexibility index (Phi) is 6.96. The lowest BCUT2D eigenvalue weighted by molar-refractivity contribution is 0.0355. The van der Waals surface area contributed by atoms with Crippen molar-refractivity contribution in [2.24, 2.45) is 5.92 Å². The molecule has 10 heteroatoms. The van der Waals surface area contributed by atoms with Crippen LogP contribution in [-0.4, -0.2) is 50.4 Å². The van der Waals surface area contributed by atoms with E-state index in [1.165, 1.54) is 4.90 Å². The maximum Gasteiger partial charge on any atom is 0.408 e. The summed E-state index contributed by atoms with van der Waals surface area (Å²) in [6.45, 7) is 5.91. The van der Waals surface area contributed by atoms with Crippen molar-refractivity contribution in [1.29, 1.82) is 0 Å². The van der Waals surface area contributed by atoms with Gasteiger partial charge in [-0.2, -0.15) is 0 Å². The van der Waals surface area contributed by atoms with Crippen molar-refractivity contribution in [2.75, 3.05) is 13.1 Å². The topological polar surface area (TPSA) is 96.7 Å². The van der Waals surface area contributed by atoms with E-state index >= 15 is 0 Å². The molecule has 0 saturated carbocycles. The molecule has 2 N–H and O–H groups in total. The lowest BCUT2D eigenvalue weighted by Gasteiger charge is -2.41. The van der Waals surface area contributed by atoms with Crippen LogP contribution in [0.1, 0.15) is 38.2 Å². The second kappa shape index (κ2) is 9.96. The number of rotatable bonds is 6. The van der Waals surface area contributed by atoms with Crippen molar-refractivity contribution < 1.29 is 28.2 Å². The predicted octanol–water partition coefficient (Wildman–Crippen LogP) is 5.05. The Bertz CT molecular complexity index is 1250. The summed E-state index contributed by atoms with van der Waals surface area (Å²) < 4.78 is 35.8. The molecule has 2 amide bonds. The molecule has 4 rings (SSSR count). The van der Waals surface area contributed by atoms with E-state index in [0.29, 0.717) is 12.4 Å². The molecule has 190 valence electrons. The molecule has 1 saturated heterocycles. The summed E-state index contributed by atoms with van der Waals surface area (Å²) in [4.78, 5) is 30.0. The van der Waals surface area contributed by atoms with Crippen molar-refractivity contribution in [3.63, 3.8) is 0 Å². The number of benzene rings is 2. The van der Waals surface area contributed by atoms with Crippen molar-refractivity contribution in [2.45, 2.75) is 39.0 Å². The Morgan fingerprint density at radius 3 is 2.50 bits per heavy atom. The van der Waals surface area contributed by atoms with Crippen molar-refractivity contribution >= 4 is 12.2 Å². The number of imidazole rings is 1. The number of ether oxygens (including phenoxy) is 1. The molecular formula is C26H28F2N4O4. The minimum atomic E-state index is -1.06. The largest absolute Gasteiger partial charge is 0.465 e. The van der Waals surface area contributed by atoms with Crippen LogP contribution in [0.25, 0.3) is 11.3 Å². The van der Waals surface area contributed by atoms with E-state index in [1.807, 2.05) is 30.3 Å². The normalized spacial score (nSPS) is 14.8. The first-order chi connectivity index (χ1) is 17.0. The number of nitrogens with zero attached hydrogens (tertiary/aromatic N) is 3. The fourth-order valence-corrected chi connectivity index (χ4v) is 4.12. The van der Waals surface area contributed by atoms with E-state index in [2.05, 4.69) is 10.3 Å². The first-order valence-corrected chi connectivity index (χ1v) is 11.5. The van der Waals surface area contributed by atoms with Crippen LogP contribution < -0.4 is 5.32 Å². The van der Waals surface area contributed by atoms with E-state index < -0.39 is 35.5 Å². The van der Waals surface area contributed by atoms with Gasteiger partial charge in [-0.15, -0.1) is 0 Å². The predicted molar refractivity (Wildman–Crippen MR) is 128 cm³/mol. The molecule has 0 radical (unpaired) electrons. The highest BCUT2D eigenvalue weighted by atomic mass is 19.1. The fourth-order valence-electron chi connectivity index (χ4n) is 4.12. The van der Waals surface area contributed by atoms with Gasteiger partial charge in [0.05, 0.1) is 11.7 Å². The van der Waals surface area contributed by atoms with Gasteiger partial charge < -0.3 is 24.6 Å². The molecule has 2 aromatic carbocycles. The highest BCUT2D eigenvalue weighted by Crippen LogP contribution is 2.33. The molecule has 1 aliphatic rings. The number of amides is 2. The number of alkyl carbamates (subject to hydrolysis) is 1. The average Bonchev–Trinajstić information content (AvgIpc) is 3.16. The first kappa shape index (κ1) is 25.2. The van der Waals surface area contributed by atoms with E-state index in [9.17, 15) is 23.5 Å². The lowest BCUT2D eigenvalue weighted by atomic mass is 9.91. The fraction of sp³-hybridized carbons (Fsp3) is 0.346. The quantitative estimate of drug-likeness (QED) is 0.496. The van der Waals surface area contributed by atoms with Crippen LogP contribution in [0.2, 0.25) is 0 Å². The molecule has 1 aliphatic heterocycles. The molecular weight excluding hydrogens is 470 g/mol. The van der Waals surface area contributed by atoms with Gasteiger partial charge in [0.1, 0.15) is 23.1 Å². The summed E-state index contributed by atoms with van der Waals surface area (Å²) >= 11 is 0. The zero-order valence-corrected chi connectivity index (χ0v) is 20.2. The van der Waals surface area contributed by atoms with Gasteiger partial charge in [-0.3, -0.25) is 0 Å². The van der Waals surface area contributed by atoms with Crippen LogP contribution in [0.3, 0.4) is 0 Å². The molecule has 36 heavy (non-hydrogen) atoms. The summed E-state index contributed by atoms with van der Waals surface area (Å²) in [5, 5.41) is 12.1. The number of hydrogen-bond donors (Lipinski definition) is 2. The summed E-state index contributed by atoms with van der Waals surface area (Å²) in [7, 11) is 0. The smallest absolute Gasteiger partial charge is 0.408 e. The molecule has 2 heterocycles. The standard InChI is InChI=1S/C26H28F2N4O4/c1-26(2,3)36-24(33)30-22(17-13-32(14-17)25(34)35)23-29-21(19-11-18(27)9-10-20(19)28)15-31(23)12-16-7-5-4-6-8-16/h4-11,15,17,22H,12-14H2,1-3H3,(H,30,33)(H,34,35). The van der Waals surface area contributed by atoms with Gasteiger partial charge in [0.15, 0.2) is 0 Å². The van der Waals surface area contributed by atoms with Crippen molar-refractivity contribution in [1.82, 2.24) is 19.8 Å². The molecule has 0 aliphatic carbocycles. The Hall–Kier alpha value is -3.95. The molecule has 0 spiro atoms. The number of nitrogens with one attached hydrogen (secondary N) is 1. The Balaban J connectivity index is 1.76. The number of hydrogen-bond acceptors (Lipinski definition) is 4. The van der Waals surface area contributed by atoms with Gasteiger partial charge in [-0.1, -0.05) is 30.3 Å². The van der Waals surface area contributed by atoms with E-state index in [-0.39, 0.29) is 30.3 Å². The van der Waals surface area contributed by atoms with Gasteiger partial charge in [0.2, 0.25) is 0 Å². The molecule has 1 fully saturated rings. The second-order valence-corrected chi connectivity index (χ2v) is 9.79. The van der Waals surface area contributed by atoms with Gasteiger partial charge in [0.25, 0.3) is 0 Å². The van der Waals surface area contributed by atoms with E-state index in [1.54, 1.807) is 31.5 Å². The molecule has 3 aromatic rings. The van der Waals surface area contributed by atoms with Crippen LogP contribution in [-0.2, 0) is 11.3 Å². The number of carbonyl (C=O) groups excluding carboxylic acids is 1. The van der Waals surface area contributed by atoms with Crippen LogP contribution in [0.15, 0.2) is 54.7 Å². The SMILES string of the molecule is CC(C)(C)OC(=O)NC(c1nc(-c2cc(F)ccc2F)cn1Cc1ccccc1)C1CN(C(=O)O)C1. The highest BCUT2D eigenvalue weighted by Gasteiger charge is 2.40.